The van der Waals surface area contributed by atoms with Crippen molar-refractivity contribution in [1.29, 1.82) is 0 Å². The van der Waals surface area contributed by atoms with Crippen LogP contribution in [0.2, 0.25) is 0 Å². The molecule has 3 nitrogen and oxygen atoms in total. The lowest BCUT2D eigenvalue weighted by Gasteiger charge is -2.57. The van der Waals surface area contributed by atoms with Gasteiger partial charge in [0, 0.05) is 24.0 Å². The molecule has 0 amide bonds. The fourth-order valence-corrected chi connectivity index (χ4v) is 9.29. The smallest absolute Gasteiger partial charge is 0.305 e. The van der Waals surface area contributed by atoms with E-state index in [1.165, 1.54) is 44.9 Å². The van der Waals surface area contributed by atoms with Crippen LogP contribution < -0.4 is 0 Å². The van der Waals surface area contributed by atoms with E-state index in [-0.39, 0.29) is 5.97 Å². The van der Waals surface area contributed by atoms with Crippen molar-refractivity contribution < 1.29 is 9.53 Å². The molecular formula is C22H35NO2. The molecule has 3 aliphatic heterocycles. The molecule has 0 aromatic carbocycles. The van der Waals surface area contributed by atoms with Gasteiger partial charge >= 0.3 is 5.97 Å². The number of ether oxygens (including phenoxy) is 1. The number of hydrogen-bond donors (Lipinski definition) is 0. The van der Waals surface area contributed by atoms with Crippen LogP contribution in [0, 0.1) is 28.6 Å². The van der Waals surface area contributed by atoms with Gasteiger partial charge in [0.15, 0.2) is 0 Å². The van der Waals surface area contributed by atoms with E-state index in [9.17, 15) is 4.79 Å². The van der Waals surface area contributed by atoms with Crippen molar-refractivity contribution in [3.05, 3.63) is 0 Å². The Morgan fingerprint density at radius 2 is 2.00 bits per heavy atom. The SMILES string of the molecule is COC(=O)CC[C@]12[C@@H]3[C@@H](C(C)C)CC[C@@]1(C)[C@@H]1CCC4(CCC[C@H]42)N31. The first-order valence-electron chi connectivity index (χ1n) is 10.8. The van der Waals surface area contributed by atoms with Crippen LogP contribution in [-0.2, 0) is 9.53 Å². The van der Waals surface area contributed by atoms with Gasteiger partial charge in [0.05, 0.1) is 7.11 Å². The molecule has 7 atom stereocenters. The Balaban J connectivity index is 1.65. The summed E-state index contributed by atoms with van der Waals surface area (Å²) >= 11 is 0. The standard InChI is InChI=1S/C22H35NO2/c1-14(2)15-7-11-20(3)17-8-12-21-10-5-6-16(21)22(20,19(15)23(17)21)13-9-18(24)25-4/h14-17,19H,5-13H2,1-4H3/t15-,16-,17+,19+,20+,21?,22+/m1/s1. The molecular weight excluding hydrogens is 310 g/mol. The van der Waals surface area contributed by atoms with Gasteiger partial charge in [-0.15, -0.1) is 0 Å². The second-order valence-electron chi connectivity index (χ2n) is 10.4. The summed E-state index contributed by atoms with van der Waals surface area (Å²) in [5, 5.41) is 0. The number of methoxy groups -OCH3 is 1. The van der Waals surface area contributed by atoms with Crippen molar-refractivity contribution in [2.45, 2.75) is 96.2 Å². The predicted molar refractivity (Wildman–Crippen MR) is 98.1 cm³/mol. The van der Waals surface area contributed by atoms with E-state index in [1.807, 2.05) is 0 Å². The molecule has 4 bridgehead atoms. The molecule has 5 fully saturated rings. The van der Waals surface area contributed by atoms with Crippen molar-refractivity contribution in [1.82, 2.24) is 4.90 Å². The minimum atomic E-state index is 0.00175. The highest BCUT2D eigenvalue weighted by atomic mass is 16.5. The number of hydrogen-bond acceptors (Lipinski definition) is 3. The third kappa shape index (κ3) is 1.62. The molecule has 2 aliphatic carbocycles. The van der Waals surface area contributed by atoms with Crippen molar-refractivity contribution in [3.8, 4) is 0 Å². The molecule has 0 aromatic heterocycles. The maximum absolute atomic E-state index is 12.1. The average Bonchev–Trinajstić information content (AvgIpc) is 3.23. The minimum Gasteiger partial charge on any atom is -0.469 e. The number of esters is 1. The lowest BCUT2D eigenvalue weighted by molar-refractivity contribution is -0.143. The highest BCUT2D eigenvalue weighted by Gasteiger charge is 2.84. The van der Waals surface area contributed by atoms with Crippen molar-refractivity contribution in [2.24, 2.45) is 28.6 Å². The summed E-state index contributed by atoms with van der Waals surface area (Å²) in [6.45, 7) is 7.50. The molecule has 5 aliphatic rings. The maximum atomic E-state index is 12.1. The number of carbonyl (C=O) groups excluding carboxylic acids is 1. The van der Waals surface area contributed by atoms with Gasteiger partial charge in [-0.25, -0.2) is 0 Å². The lowest BCUT2D eigenvalue weighted by atomic mass is 9.46. The second-order valence-corrected chi connectivity index (χ2v) is 10.4. The van der Waals surface area contributed by atoms with Gasteiger partial charge in [-0.3, -0.25) is 9.69 Å². The van der Waals surface area contributed by atoms with Crippen LogP contribution in [0.1, 0.15) is 78.6 Å². The third-order valence-electron chi connectivity index (χ3n) is 9.93. The molecule has 1 unspecified atom stereocenters. The number of nitrogens with zero attached hydrogens (tertiary/aromatic N) is 1. The zero-order valence-electron chi connectivity index (χ0n) is 16.5. The summed E-state index contributed by atoms with van der Waals surface area (Å²) in [7, 11) is 1.55. The monoisotopic (exact) mass is 345 g/mol. The van der Waals surface area contributed by atoms with Crippen molar-refractivity contribution in [3.63, 3.8) is 0 Å². The zero-order chi connectivity index (χ0) is 17.6. The first-order valence-corrected chi connectivity index (χ1v) is 10.8. The molecule has 0 N–H and O–H groups in total. The number of piperidine rings is 1. The van der Waals surface area contributed by atoms with E-state index < -0.39 is 0 Å². The summed E-state index contributed by atoms with van der Waals surface area (Å²) < 4.78 is 5.07. The molecule has 5 rings (SSSR count). The maximum Gasteiger partial charge on any atom is 0.305 e. The average molecular weight is 346 g/mol. The van der Waals surface area contributed by atoms with Crippen LogP contribution in [0.3, 0.4) is 0 Å². The summed E-state index contributed by atoms with van der Waals surface area (Å²) in [5.74, 6) is 2.40. The topological polar surface area (TPSA) is 29.5 Å². The Bertz CT molecular complexity index is 603. The molecule has 3 heteroatoms. The van der Waals surface area contributed by atoms with Crippen LogP contribution in [-0.4, -0.2) is 35.6 Å². The molecule has 1 spiro atoms. The van der Waals surface area contributed by atoms with Gasteiger partial charge in [0.1, 0.15) is 0 Å². The third-order valence-corrected chi connectivity index (χ3v) is 9.93. The van der Waals surface area contributed by atoms with Crippen LogP contribution in [0.15, 0.2) is 0 Å². The van der Waals surface area contributed by atoms with Gasteiger partial charge in [-0.2, -0.15) is 0 Å². The fourth-order valence-electron chi connectivity index (χ4n) is 9.29. The zero-order valence-corrected chi connectivity index (χ0v) is 16.5. The molecule has 0 aromatic rings. The van der Waals surface area contributed by atoms with E-state index >= 15 is 0 Å². The van der Waals surface area contributed by atoms with Crippen LogP contribution in [0.25, 0.3) is 0 Å². The molecule has 3 saturated heterocycles. The van der Waals surface area contributed by atoms with Crippen LogP contribution >= 0.6 is 0 Å². The van der Waals surface area contributed by atoms with Crippen molar-refractivity contribution >= 4 is 5.97 Å². The first-order chi connectivity index (χ1) is 11.9. The van der Waals surface area contributed by atoms with Gasteiger partial charge in [0.2, 0.25) is 0 Å². The van der Waals surface area contributed by atoms with Crippen LogP contribution in [0.5, 0.6) is 0 Å². The van der Waals surface area contributed by atoms with E-state index in [0.29, 0.717) is 22.8 Å². The largest absolute Gasteiger partial charge is 0.469 e. The second kappa shape index (κ2) is 5.03. The van der Waals surface area contributed by atoms with E-state index in [0.717, 1.165) is 36.3 Å². The molecule has 2 saturated carbocycles. The summed E-state index contributed by atoms with van der Waals surface area (Å²) in [6, 6.07) is 1.52. The number of rotatable bonds is 4. The number of fused-ring (bicyclic) bond motifs is 1. The van der Waals surface area contributed by atoms with Gasteiger partial charge in [-0.05, 0) is 73.5 Å². The quantitative estimate of drug-likeness (QED) is 0.707. The Kier molecular flexibility index (Phi) is 3.34. The summed E-state index contributed by atoms with van der Waals surface area (Å²) in [4.78, 5) is 15.2. The molecule has 140 valence electrons. The molecule has 25 heavy (non-hydrogen) atoms. The van der Waals surface area contributed by atoms with Gasteiger partial charge in [-0.1, -0.05) is 27.2 Å². The highest BCUT2D eigenvalue weighted by molar-refractivity contribution is 5.69. The van der Waals surface area contributed by atoms with E-state index in [2.05, 4.69) is 25.7 Å². The van der Waals surface area contributed by atoms with E-state index in [4.69, 9.17) is 4.74 Å². The minimum absolute atomic E-state index is 0.00175. The van der Waals surface area contributed by atoms with Crippen molar-refractivity contribution in [2.75, 3.05) is 7.11 Å². The van der Waals surface area contributed by atoms with E-state index in [1.54, 1.807) is 7.11 Å². The highest BCUT2D eigenvalue weighted by Crippen LogP contribution is 2.82. The molecule has 0 radical (unpaired) electrons. The lowest BCUT2D eigenvalue weighted by Crippen LogP contribution is -2.57. The summed E-state index contributed by atoms with van der Waals surface area (Å²) in [5.41, 5.74) is 1.29. The van der Waals surface area contributed by atoms with Gasteiger partial charge in [0.25, 0.3) is 0 Å². The Morgan fingerprint density at radius 3 is 2.72 bits per heavy atom. The number of carbonyl (C=O) groups is 1. The Morgan fingerprint density at radius 1 is 1.20 bits per heavy atom. The summed E-state index contributed by atoms with van der Waals surface area (Å²) in [6.07, 6.45) is 11.5. The van der Waals surface area contributed by atoms with Crippen LogP contribution in [0.4, 0.5) is 0 Å². The normalized spacial score (nSPS) is 52.8. The fraction of sp³-hybridized carbons (Fsp3) is 0.955. The van der Waals surface area contributed by atoms with Gasteiger partial charge < -0.3 is 4.74 Å². The Labute approximate surface area is 152 Å². The Hall–Kier alpha value is -0.570. The first kappa shape index (κ1) is 16.6. The predicted octanol–water partition coefficient (Wildman–Crippen LogP) is 4.40. The molecule has 3 heterocycles.